The molecule has 1 aromatic heterocycles. The average Bonchev–Trinajstić information content (AvgIpc) is 2.52. The minimum absolute atomic E-state index is 0.0430. The number of pyridine rings is 1. The smallest absolute Gasteiger partial charge is 0.268 e. The standard InChI is InChI=1S/C18H14N4O2/c1-18(2,24)8-7-11-3-5-12(6-4-11)15-13(9-19)16(21)22-17(23)14(15)10-20/h3-6,24H,1-2H3,(H3,21,22,23). The summed E-state index contributed by atoms with van der Waals surface area (Å²) in [4.78, 5) is 14.2. The van der Waals surface area contributed by atoms with E-state index < -0.39 is 11.2 Å². The van der Waals surface area contributed by atoms with Crippen LogP contribution >= 0.6 is 0 Å². The molecule has 0 atom stereocenters. The number of aromatic amines is 1. The van der Waals surface area contributed by atoms with Crippen molar-refractivity contribution in [2.75, 3.05) is 5.73 Å². The van der Waals surface area contributed by atoms with Gasteiger partial charge in [0.2, 0.25) is 0 Å². The first-order chi connectivity index (χ1) is 11.3. The molecule has 0 aliphatic rings. The summed E-state index contributed by atoms with van der Waals surface area (Å²) in [7, 11) is 0. The molecule has 6 nitrogen and oxygen atoms in total. The molecule has 118 valence electrons. The van der Waals surface area contributed by atoms with E-state index in [1.807, 2.05) is 12.1 Å². The van der Waals surface area contributed by atoms with Crippen molar-refractivity contribution in [2.45, 2.75) is 19.4 Å². The van der Waals surface area contributed by atoms with Gasteiger partial charge < -0.3 is 15.8 Å². The summed E-state index contributed by atoms with van der Waals surface area (Å²) in [5.74, 6) is 5.43. The van der Waals surface area contributed by atoms with Crippen molar-refractivity contribution in [3.8, 4) is 35.1 Å². The molecule has 0 aliphatic heterocycles. The number of hydrogen-bond donors (Lipinski definition) is 3. The minimum atomic E-state index is -1.11. The highest BCUT2D eigenvalue weighted by atomic mass is 16.3. The number of nitrogen functional groups attached to an aromatic ring is 1. The van der Waals surface area contributed by atoms with Crippen LogP contribution in [0.2, 0.25) is 0 Å². The quantitative estimate of drug-likeness (QED) is 0.686. The number of anilines is 1. The summed E-state index contributed by atoms with van der Waals surface area (Å²) in [6.07, 6.45) is 0. The molecule has 0 saturated heterocycles. The van der Waals surface area contributed by atoms with Crippen LogP contribution in [0.3, 0.4) is 0 Å². The largest absolute Gasteiger partial charge is 0.384 e. The number of aromatic nitrogens is 1. The Kier molecular flexibility index (Phi) is 4.42. The van der Waals surface area contributed by atoms with Crippen molar-refractivity contribution >= 4 is 5.82 Å². The van der Waals surface area contributed by atoms with Crippen LogP contribution in [-0.4, -0.2) is 15.7 Å². The predicted molar refractivity (Wildman–Crippen MR) is 89.5 cm³/mol. The lowest BCUT2D eigenvalue weighted by Crippen LogP contribution is -2.16. The second-order valence-electron chi connectivity index (χ2n) is 5.60. The molecule has 0 saturated carbocycles. The molecule has 0 spiro atoms. The molecule has 4 N–H and O–H groups in total. The number of benzene rings is 1. The molecular weight excluding hydrogens is 304 g/mol. The van der Waals surface area contributed by atoms with Gasteiger partial charge in [-0.05, 0) is 31.5 Å². The highest BCUT2D eigenvalue weighted by molar-refractivity contribution is 5.80. The third-order valence-electron chi connectivity index (χ3n) is 3.15. The molecular formula is C18H14N4O2. The van der Waals surface area contributed by atoms with Crippen LogP contribution in [0.25, 0.3) is 11.1 Å². The van der Waals surface area contributed by atoms with E-state index in [0.29, 0.717) is 11.1 Å². The van der Waals surface area contributed by atoms with Crippen molar-refractivity contribution in [1.82, 2.24) is 4.98 Å². The van der Waals surface area contributed by atoms with Gasteiger partial charge in [-0.3, -0.25) is 4.79 Å². The van der Waals surface area contributed by atoms with Crippen LogP contribution in [0.1, 0.15) is 30.5 Å². The lowest BCUT2D eigenvalue weighted by Gasteiger charge is -2.09. The zero-order valence-electron chi connectivity index (χ0n) is 13.1. The van der Waals surface area contributed by atoms with Crippen LogP contribution in [0.5, 0.6) is 0 Å². The molecule has 0 aliphatic carbocycles. The van der Waals surface area contributed by atoms with Gasteiger partial charge in [0.05, 0.1) is 0 Å². The van der Waals surface area contributed by atoms with Crippen LogP contribution in [0.4, 0.5) is 5.82 Å². The van der Waals surface area contributed by atoms with Crippen molar-refractivity contribution in [3.63, 3.8) is 0 Å². The van der Waals surface area contributed by atoms with Gasteiger partial charge in [-0.1, -0.05) is 24.0 Å². The van der Waals surface area contributed by atoms with E-state index in [-0.39, 0.29) is 22.5 Å². The molecule has 1 aromatic carbocycles. The maximum Gasteiger partial charge on any atom is 0.268 e. The molecule has 6 heteroatoms. The van der Waals surface area contributed by atoms with Gasteiger partial charge in [-0.15, -0.1) is 0 Å². The monoisotopic (exact) mass is 318 g/mol. The molecule has 0 bridgehead atoms. The van der Waals surface area contributed by atoms with Gasteiger partial charge in [-0.25, -0.2) is 0 Å². The third kappa shape index (κ3) is 3.44. The summed E-state index contributed by atoms with van der Waals surface area (Å²) in [6.45, 7) is 3.15. The van der Waals surface area contributed by atoms with Crippen LogP contribution in [0, 0.1) is 34.5 Å². The summed E-state index contributed by atoms with van der Waals surface area (Å²) >= 11 is 0. The van der Waals surface area contributed by atoms with E-state index in [0.717, 1.165) is 0 Å². The number of rotatable bonds is 1. The lowest BCUT2D eigenvalue weighted by atomic mass is 9.96. The molecule has 2 rings (SSSR count). The highest BCUT2D eigenvalue weighted by Crippen LogP contribution is 2.28. The van der Waals surface area contributed by atoms with Gasteiger partial charge >= 0.3 is 0 Å². The number of H-pyrrole nitrogens is 1. The second-order valence-corrected chi connectivity index (χ2v) is 5.60. The number of nitrogens with two attached hydrogens (primary N) is 1. The first-order valence-electron chi connectivity index (χ1n) is 6.98. The van der Waals surface area contributed by atoms with E-state index in [2.05, 4.69) is 16.8 Å². The van der Waals surface area contributed by atoms with Gasteiger partial charge in [0.15, 0.2) is 0 Å². The molecule has 0 unspecified atom stereocenters. The zero-order valence-corrected chi connectivity index (χ0v) is 13.1. The Morgan fingerprint density at radius 3 is 2.21 bits per heavy atom. The van der Waals surface area contributed by atoms with Crippen molar-refractivity contribution in [3.05, 3.63) is 51.3 Å². The van der Waals surface area contributed by atoms with Crippen LogP contribution < -0.4 is 11.3 Å². The van der Waals surface area contributed by atoms with Crippen molar-refractivity contribution < 1.29 is 5.11 Å². The predicted octanol–water partition coefficient (Wildman–Crippen LogP) is 1.49. The highest BCUT2D eigenvalue weighted by Gasteiger charge is 2.17. The normalized spacial score (nSPS) is 10.2. The maximum atomic E-state index is 11.9. The number of aliphatic hydroxyl groups is 1. The average molecular weight is 318 g/mol. The molecule has 0 radical (unpaired) electrons. The van der Waals surface area contributed by atoms with E-state index in [4.69, 9.17) is 5.73 Å². The van der Waals surface area contributed by atoms with Crippen molar-refractivity contribution in [2.24, 2.45) is 0 Å². The third-order valence-corrected chi connectivity index (χ3v) is 3.15. The Labute approximate surface area is 138 Å². The van der Waals surface area contributed by atoms with Crippen LogP contribution in [0.15, 0.2) is 29.1 Å². The van der Waals surface area contributed by atoms with Crippen molar-refractivity contribution in [1.29, 1.82) is 10.5 Å². The fourth-order valence-corrected chi connectivity index (χ4v) is 2.08. The topological polar surface area (TPSA) is 127 Å². The van der Waals surface area contributed by atoms with Gasteiger partial charge in [0, 0.05) is 11.1 Å². The fraction of sp³-hybridized carbons (Fsp3) is 0.167. The molecule has 0 amide bonds. The summed E-state index contributed by atoms with van der Waals surface area (Å²) < 4.78 is 0. The summed E-state index contributed by atoms with van der Waals surface area (Å²) in [5.41, 5.74) is 5.16. The Morgan fingerprint density at radius 2 is 1.71 bits per heavy atom. The number of hydrogen-bond acceptors (Lipinski definition) is 5. The molecule has 24 heavy (non-hydrogen) atoms. The number of nitrogens with zero attached hydrogens (tertiary/aromatic N) is 2. The molecule has 0 fully saturated rings. The second kappa shape index (κ2) is 6.30. The summed E-state index contributed by atoms with van der Waals surface area (Å²) in [6, 6.07) is 10.4. The van der Waals surface area contributed by atoms with E-state index >= 15 is 0 Å². The van der Waals surface area contributed by atoms with Gasteiger partial charge in [0.1, 0.15) is 34.7 Å². The first-order valence-corrected chi connectivity index (χ1v) is 6.98. The SMILES string of the molecule is CC(C)(O)C#Cc1ccc(-c2c(C#N)c(N)[nH]c(=O)c2C#N)cc1. The molecule has 2 aromatic rings. The first kappa shape index (κ1) is 16.8. The van der Waals surface area contributed by atoms with E-state index in [1.54, 1.807) is 38.1 Å². The fourth-order valence-electron chi connectivity index (χ4n) is 2.08. The Bertz CT molecular complexity index is 986. The zero-order chi connectivity index (χ0) is 17.9. The van der Waals surface area contributed by atoms with Gasteiger partial charge in [0.25, 0.3) is 5.56 Å². The number of nitriles is 2. The van der Waals surface area contributed by atoms with Gasteiger partial charge in [-0.2, -0.15) is 10.5 Å². The Hall–Kier alpha value is -3.53. The maximum absolute atomic E-state index is 11.9. The van der Waals surface area contributed by atoms with Crippen LogP contribution in [-0.2, 0) is 0 Å². The molecule has 1 heterocycles. The minimum Gasteiger partial charge on any atom is -0.384 e. The van der Waals surface area contributed by atoms with E-state index in [1.165, 1.54) is 0 Å². The Morgan fingerprint density at radius 1 is 1.12 bits per heavy atom. The lowest BCUT2D eigenvalue weighted by molar-refractivity contribution is 0.143. The number of nitrogens with one attached hydrogen (secondary N) is 1. The van der Waals surface area contributed by atoms with E-state index in [9.17, 15) is 20.4 Å². The Balaban J connectivity index is 2.62. The summed E-state index contributed by atoms with van der Waals surface area (Å²) in [5, 5.41) is 28.1.